The Labute approximate surface area is 284 Å². The topological polar surface area (TPSA) is 83.9 Å². The van der Waals surface area contributed by atoms with E-state index in [0.717, 1.165) is 24.8 Å². The van der Waals surface area contributed by atoms with Crippen LogP contribution >= 0.6 is 11.6 Å². The maximum atomic E-state index is 16.8. The highest BCUT2D eigenvalue weighted by Gasteiger charge is 2.49. The van der Waals surface area contributed by atoms with Crippen LogP contribution in [0, 0.1) is 11.7 Å². The predicted octanol–water partition coefficient (Wildman–Crippen LogP) is 7.28. The summed E-state index contributed by atoms with van der Waals surface area (Å²) in [6.45, 7) is 9.89. The van der Waals surface area contributed by atoms with Crippen LogP contribution in [0.25, 0.3) is 32.9 Å². The van der Waals surface area contributed by atoms with Crippen molar-refractivity contribution in [2.45, 2.75) is 70.3 Å². The molecule has 0 radical (unpaired) electrons. The highest BCUT2D eigenvalue weighted by atomic mass is 35.5. The van der Waals surface area contributed by atoms with Gasteiger partial charge in [0.2, 0.25) is 0 Å². The molecule has 3 aliphatic rings. The van der Waals surface area contributed by atoms with E-state index in [0.29, 0.717) is 53.2 Å². The summed E-state index contributed by atoms with van der Waals surface area (Å²) in [5.74, 6) is -0.137. The first kappa shape index (κ1) is 32.7. The van der Waals surface area contributed by atoms with Crippen molar-refractivity contribution in [3.63, 3.8) is 0 Å². The van der Waals surface area contributed by atoms with E-state index in [1.165, 1.54) is 0 Å². The molecule has 12 heteroatoms. The Morgan fingerprint density at radius 2 is 1.92 bits per heavy atom. The second-order valence-electron chi connectivity index (χ2n) is 14.6. The van der Waals surface area contributed by atoms with Crippen molar-refractivity contribution in [2.75, 3.05) is 44.7 Å². The molecule has 4 atom stereocenters. The third-order valence-electron chi connectivity index (χ3n) is 10.0. The van der Waals surface area contributed by atoms with Gasteiger partial charge in [0.05, 0.1) is 17.0 Å². The molecule has 0 bridgehead atoms. The zero-order valence-electron chi connectivity index (χ0n) is 28.0. The summed E-state index contributed by atoms with van der Waals surface area (Å²) in [6.07, 6.45) is 2.47. The summed E-state index contributed by atoms with van der Waals surface area (Å²) in [5.41, 5.74) is -0.335. The number of halogens is 3. The molecule has 0 saturated carbocycles. The van der Waals surface area contributed by atoms with Crippen molar-refractivity contribution < 1.29 is 23.0 Å². The zero-order valence-corrected chi connectivity index (χ0v) is 28.7. The van der Waals surface area contributed by atoms with Crippen LogP contribution in [0.2, 0.25) is 5.02 Å². The van der Waals surface area contributed by atoms with Gasteiger partial charge in [-0.15, -0.1) is 0 Å². The highest BCUT2D eigenvalue weighted by Crippen LogP contribution is 2.41. The van der Waals surface area contributed by atoms with Crippen LogP contribution in [0.15, 0.2) is 42.6 Å². The molecule has 4 aromatic rings. The van der Waals surface area contributed by atoms with Crippen LogP contribution in [0.1, 0.15) is 47.0 Å². The van der Waals surface area contributed by atoms with Gasteiger partial charge in [-0.2, -0.15) is 9.97 Å². The SMILES string of the molecule is C[C@H]1CN(C(=O)OC(C)(C)C)C[C@@H]1N(C)c1nc(OC[C@@]23CCCN2C[C@H](F)C3)nc2c(F)c(-c3cccc4cccc(Cl)c34)ncc12. The van der Waals surface area contributed by atoms with Gasteiger partial charge < -0.3 is 19.3 Å². The quantitative estimate of drug-likeness (QED) is 0.210. The van der Waals surface area contributed by atoms with Crippen LogP contribution in [0.4, 0.5) is 19.4 Å². The largest absolute Gasteiger partial charge is 0.461 e. The summed E-state index contributed by atoms with van der Waals surface area (Å²) < 4.78 is 43.3. The summed E-state index contributed by atoms with van der Waals surface area (Å²) >= 11 is 6.62. The minimum atomic E-state index is -0.913. The first-order valence-corrected chi connectivity index (χ1v) is 17.0. The molecule has 0 N–H and O–H groups in total. The van der Waals surface area contributed by atoms with E-state index in [2.05, 4.69) is 21.8 Å². The second-order valence-corrected chi connectivity index (χ2v) is 15.0. The van der Waals surface area contributed by atoms with Gasteiger partial charge in [0.15, 0.2) is 5.82 Å². The number of likely N-dealkylation sites (tertiary alicyclic amines) is 1. The first-order chi connectivity index (χ1) is 22.8. The van der Waals surface area contributed by atoms with Crippen molar-refractivity contribution in [1.82, 2.24) is 24.8 Å². The minimum Gasteiger partial charge on any atom is -0.461 e. The van der Waals surface area contributed by atoms with E-state index in [4.69, 9.17) is 26.1 Å². The highest BCUT2D eigenvalue weighted by molar-refractivity contribution is 6.36. The first-order valence-electron chi connectivity index (χ1n) is 16.6. The van der Waals surface area contributed by atoms with Gasteiger partial charge in [0, 0.05) is 55.3 Å². The van der Waals surface area contributed by atoms with Gasteiger partial charge in [-0.1, -0.05) is 48.9 Å². The number of anilines is 1. The Balaban J connectivity index is 1.30. The average Bonchev–Trinajstić information content (AvgIpc) is 3.70. The fourth-order valence-electron chi connectivity index (χ4n) is 7.77. The molecule has 9 nitrogen and oxygen atoms in total. The second kappa shape index (κ2) is 12.2. The fraction of sp³-hybridized carbons (Fsp3) is 0.500. The molecule has 3 fully saturated rings. The van der Waals surface area contributed by atoms with Crippen molar-refractivity contribution >= 4 is 45.2 Å². The Kier molecular flexibility index (Phi) is 8.35. The number of likely N-dealkylation sites (N-methyl/N-ethyl adjacent to an activating group) is 1. The van der Waals surface area contributed by atoms with E-state index in [-0.39, 0.29) is 41.9 Å². The molecule has 7 rings (SSSR count). The third kappa shape index (κ3) is 5.89. The molecule has 1 amide bonds. The van der Waals surface area contributed by atoms with Gasteiger partial charge >= 0.3 is 12.1 Å². The lowest BCUT2D eigenvalue weighted by atomic mass is 9.95. The Morgan fingerprint density at radius 1 is 1.15 bits per heavy atom. The molecule has 48 heavy (non-hydrogen) atoms. The maximum absolute atomic E-state index is 16.8. The van der Waals surface area contributed by atoms with Gasteiger partial charge in [-0.3, -0.25) is 9.88 Å². The molecule has 2 aromatic heterocycles. The number of nitrogens with zero attached hydrogens (tertiary/aromatic N) is 6. The van der Waals surface area contributed by atoms with E-state index >= 15 is 4.39 Å². The molecule has 3 aliphatic heterocycles. The van der Waals surface area contributed by atoms with Crippen molar-refractivity contribution in [2.24, 2.45) is 5.92 Å². The number of alkyl halides is 1. The number of carbonyl (C=O) groups is 1. The summed E-state index contributed by atoms with van der Waals surface area (Å²) in [7, 11) is 1.88. The van der Waals surface area contributed by atoms with Gasteiger partial charge in [-0.25, -0.2) is 13.6 Å². The number of fused-ring (bicyclic) bond motifs is 3. The number of benzene rings is 2. The number of hydrogen-bond acceptors (Lipinski definition) is 8. The summed E-state index contributed by atoms with van der Waals surface area (Å²) in [5, 5.41) is 2.45. The summed E-state index contributed by atoms with van der Waals surface area (Å²) in [6, 6.07) is 11.0. The number of pyridine rings is 1. The molecule has 3 saturated heterocycles. The number of aromatic nitrogens is 3. The van der Waals surface area contributed by atoms with Gasteiger partial charge in [0.25, 0.3) is 0 Å². The molecule has 254 valence electrons. The van der Waals surface area contributed by atoms with Crippen LogP contribution < -0.4 is 9.64 Å². The molecular formula is C36H41ClF2N6O3. The van der Waals surface area contributed by atoms with Crippen molar-refractivity contribution in [3.05, 3.63) is 53.4 Å². The number of hydrogen-bond donors (Lipinski definition) is 0. The van der Waals surface area contributed by atoms with Crippen molar-refractivity contribution in [3.8, 4) is 17.3 Å². The number of amides is 1. The lowest BCUT2D eigenvalue weighted by molar-refractivity contribution is 0.0287. The predicted molar refractivity (Wildman–Crippen MR) is 183 cm³/mol. The average molecular weight is 679 g/mol. The molecule has 0 aliphatic carbocycles. The van der Waals surface area contributed by atoms with Crippen LogP contribution in [-0.4, -0.2) is 94.0 Å². The Morgan fingerprint density at radius 3 is 2.69 bits per heavy atom. The van der Waals surface area contributed by atoms with E-state index < -0.39 is 23.1 Å². The smallest absolute Gasteiger partial charge is 0.410 e. The zero-order chi connectivity index (χ0) is 34.0. The van der Waals surface area contributed by atoms with Crippen molar-refractivity contribution in [1.29, 1.82) is 0 Å². The number of carbonyl (C=O) groups excluding carboxylic acids is 1. The van der Waals surface area contributed by atoms with Crippen LogP contribution in [0.5, 0.6) is 6.01 Å². The van der Waals surface area contributed by atoms with E-state index in [1.807, 2.05) is 57.0 Å². The fourth-order valence-corrected chi connectivity index (χ4v) is 8.05. The lowest BCUT2D eigenvalue weighted by Gasteiger charge is -2.32. The number of ether oxygens (including phenoxy) is 2. The number of rotatable bonds is 6. The minimum absolute atomic E-state index is 0.00883. The monoisotopic (exact) mass is 678 g/mol. The third-order valence-corrected chi connectivity index (χ3v) is 10.4. The lowest BCUT2D eigenvalue weighted by Crippen LogP contribution is -2.43. The molecule has 0 unspecified atom stereocenters. The van der Waals surface area contributed by atoms with Crippen LogP contribution in [0.3, 0.4) is 0 Å². The van der Waals surface area contributed by atoms with Gasteiger partial charge in [-0.05, 0) is 57.5 Å². The Hall–Kier alpha value is -3.83. The molecule has 0 spiro atoms. The standard InChI is InChI=1S/C36H41ClF2N6O3/c1-21-17-44(34(46)48-35(2,3)4)19-27(21)43(5)32-25-16-40-30(24-11-6-9-22-10-7-12-26(37)28(22)24)29(39)31(25)41-33(42-32)47-20-36-13-8-14-45(36)18-23(38)15-36/h6-7,9-12,16,21,23,27H,8,13-15,17-20H2,1-5H3/t21-,23+,27-,36-/m0/s1. The summed E-state index contributed by atoms with van der Waals surface area (Å²) in [4.78, 5) is 32.8. The maximum Gasteiger partial charge on any atom is 0.410 e. The normalized spacial score (nSPS) is 24.4. The molecule has 5 heterocycles. The van der Waals surface area contributed by atoms with Crippen LogP contribution in [-0.2, 0) is 4.74 Å². The van der Waals surface area contributed by atoms with E-state index in [9.17, 15) is 9.18 Å². The van der Waals surface area contributed by atoms with E-state index in [1.54, 1.807) is 23.2 Å². The molecule has 2 aromatic carbocycles. The molecular weight excluding hydrogens is 638 g/mol. The Bertz CT molecular complexity index is 1880. The van der Waals surface area contributed by atoms with Gasteiger partial charge in [0.1, 0.15) is 35.4 Å².